The predicted octanol–water partition coefficient (Wildman–Crippen LogP) is 1.67. The van der Waals surface area contributed by atoms with E-state index in [4.69, 9.17) is 5.73 Å². The van der Waals surface area contributed by atoms with E-state index in [0.717, 1.165) is 32.4 Å². The first kappa shape index (κ1) is 28.5. The van der Waals surface area contributed by atoms with Gasteiger partial charge >= 0.3 is 5.97 Å². The van der Waals surface area contributed by atoms with Gasteiger partial charge in [0.2, 0.25) is 5.91 Å². The molecule has 9 heteroatoms. The van der Waals surface area contributed by atoms with Gasteiger partial charge in [0.15, 0.2) is 0 Å². The van der Waals surface area contributed by atoms with E-state index >= 15 is 0 Å². The molecule has 1 amide bonds. The molecule has 0 aromatic carbocycles. The fourth-order valence-electron chi connectivity index (χ4n) is 2.93. The molecule has 0 aromatic rings. The summed E-state index contributed by atoms with van der Waals surface area (Å²) in [6.45, 7) is 8.90. The number of hydrogen-bond acceptors (Lipinski definition) is 7. The van der Waals surface area contributed by atoms with Crippen LogP contribution in [-0.2, 0) is 9.59 Å². The highest BCUT2D eigenvalue weighted by atomic mass is 32.2. The number of carboxylic acid groups (broad SMARTS) is 1. The highest BCUT2D eigenvalue weighted by Gasteiger charge is 2.24. The number of nitrogens with two attached hydrogens (primary N) is 1. The first-order valence-corrected chi connectivity index (χ1v) is 12.6. The highest BCUT2D eigenvalue weighted by Crippen LogP contribution is 2.11. The Kier molecular flexibility index (Phi) is 16.9. The van der Waals surface area contributed by atoms with Crippen LogP contribution in [0.15, 0.2) is 0 Å². The second-order valence-electron chi connectivity index (χ2n) is 7.67. The summed E-state index contributed by atoms with van der Waals surface area (Å²) in [7, 11) is 0. The Morgan fingerprint density at radius 2 is 2.00 bits per heavy atom. The Bertz CT molecular complexity index is 457. The lowest BCUT2D eigenvalue weighted by atomic mass is 9.98. The number of nitrogens with one attached hydrogen (secondary N) is 2. The number of rotatable bonds is 18. The van der Waals surface area contributed by atoms with Crippen LogP contribution in [-0.4, -0.2) is 83.9 Å². The van der Waals surface area contributed by atoms with Crippen LogP contribution in [0.25, 0.3) is 0 Å². The van der Waals surface area contributed by atoms with Gasteiger partial charge < -0.3 is 21.5 Å². The first-order chi connectivity index (χ1) is 13.8. The molecule has 0 saturated heterocycles. The Labute approximate surface area is 186 Å². The average Bonchev–Trinajstić information content (AvgIpc) is 2.70. The SMILES string of the molecule is CCCCN(CC(=O)N[C@@H](CCSC)C(=O)O)C[C@@H](NC[C@@H](N)CS)[C@@H](C)CC. The van der Waals surface area contributed by atoms with Crippen LogP contribution in [0.2, 0.25) is 0 Å². The monoisotopic (exact) mass is 450 g/mol. The molecule has 29 heavy (non-hydrogen) atoms. The summed E-state index contributed by atoms with van der Waals surface area (Å²) in [5.74, 6) is 0.538. The number of nitrogens with zero attached hydrogens (tertiary/aromatic N) is 1. The number of carbonyl (C=O) groups is 2. The van der Waals surface area contributed by atoms with Crippen LogP contribution < -0.4 is 16.4 Å². The normalized spacial score (nSPS) is 15.7. The van der Waals surface area contributed by atoms with Gasteiger partial charge in [-0.15, -0.1) is 0 Å². The summed E-state index contributed by atoms with van der Waals surface area (Å²) in [6, 6.07) is -0.632. The lowest BCUT2D eigenvalue weighted by Crippen LogP contribution is -2.52. The van der Waals surface area contributed by atoms with Gasteiger partial charge in [-0.3, -0.25) is 9.69 Å². The molecule has 0 aliphatic heterocycles. The van der Waals surface area contributed by atoms with Gasteiger partial charge in [0, 0.05) is 30.9 Å². The van der Waals surface area contributed by atoms with Crippen molar-refractivity contribution in [2.24, 2.45) is 11.7 Å². The molecule has 4 atom stereocenters. The Balaban J connectivity index is 4.99. The van der Waals surface area contributed by atoms with E-state index in [9.17, 15) is 14.7 Å². The zero-order valence-electron chi connectivity index (χ0n) is 18.5. The van der Waals surface area contributed by atoms with Crippen LogP contribution in [0.5, 0.6) is 0 Å². The molecule has 0 aromatic heterocycles. The summed E-state index contributed by atoms with van der Waals surface area (Å²) >= 11 is 5.82. The number of thioether (sulfide) groups is 1. The van der Waals surface area contributed by atoms with E-state index in [1.165, 1.54) is 0 Å². The largest absolute Gasteiger partial charge is 0.480 e. The minimum atomic E-state index is -0.979. The summed E-state index contributed by atoms with van der Waals surface area (Å²) in [4.78, 5) is 26.1. The first-order valence-electron chi connectivity index (χ1n) is 10.6. The molecule has 0 unspecified atom stereocenters. The van der Waals surface area contributed by atoms with Gasteiger partial charge in [0.05, 0.1) is 6.54 Å². The predicted molar refractivity (Wildman–Crippen MR) is 127 cm³/mol. The van der Waals surface area contributed by atoms with Gasteiger partial charge in [-0.1, -0.05) is 33.6 Å². The fourth-order valence-corrected chi connectivity index (χ4v) is 3.53. The second-order valence-corrected chi connectivity index (χ2v) is 9.02. The van der Waals surface area contributed by atoms with Gasteiger partial charge in [-0.25, -0.2) is 4.79 Å². The molecule has 5 N–H and O–H groups in total. The van der Waals surface area contributed by atoms with Crippen molar-refractivity contribution in [1.29, 1.82) is 0 Å². The number of unbranched alkanes of at least 4 members (excludes halogenated alkanes) is 1. The van der Waals surface area contributed by atoms with E-state index in [1.54, 1.807) is 11.8 Å². The van der Waals surface area contributed by atoms with E-state index in [2.05, 4.69) is 48.9 Å². The standard InChI is InChI=1S/C20H42N4O3S2/c1-5-7-9-24(12-18(15(3)6-2)22-11-16(21)14-28)13-19(25)23-17(20(26)27)8-10-29-4/h15-18,22,28H,5-14,21H2,1-4H3,(H,23,25)(H,26,27)/t15-,16+,17-,18+/m0/s1. The van der Waals surface area contributed by atoms with Crippen LogP contribution >= 0.6 is 24.4 Å². The van der Waals surface area contributed by atoms with Crippen molar-refractivity contribution in [3.8, 4) is 0 Å². The van der Waals surface area contributed by atoms with Crippen molar-refractivity contribution in [2.45, 2.75) is 64.6 Å². The summed E-state index contributed by atoms with van der Waals surface area (Å²) < 4.78 is 0. The lowest BCUT2D eigenvalue weighted by molar-refractivity contribution is -0.142. The third-order valence-electron chi connectivity index (χ3n) is 5.10. The van der Waals surface area contributed by atoms with Gasteiger partial charge in [0.1, 0.15) is 6.04 Å². The molecule has 0 radical (unpaired) electrons. The molecule has 0 aliphatic rings. The maximum atomic E-state index is 12.6. The van der Waals surface area contributed by atoms with Crippen LogP contribution in [0.4, 0.5) is 0 Å². The molecule has 172 valence electrons. The molecular formula is C20H42N4O3S2. The van der Waals surface area contributed by atoms with E-state index in [0.29, 0.717) is 30.4 Å². The molecule has 0 rings (SSSR count). The van der Waals surface area contributed by atoms with Gasteiger partial charge in [-0.05, 0) is 37.3 Å². The van der Waals surface area contributed by atoms with Crippen molar-refractivity contribution in [2.75, 3.05) is 43.9 Å². The summed E-state index contributed by atoms with van der Waals surface area (Å²) in [5, 5.41) is 15.6. The molecule has 0 aliphatic carbocycles. The molecular weight excluding hydrogens is 408 g/mol. The van der Waals surface area contributed by atoms with Crippen molar-refractivity contribution in [3.63, 3.8) is 0 Å². The van der Waals surface area contributed by atoms with Crippen LogP contribution in [0, 0.1) is 5.92 Å². The molecule has 0 fully saturated rings. The van der Waals surface area contributed by atoms with Crippen molar-refractivity contribution < 1.29 is 14.7 Å². The third kappa shape index (κ3) is 13.4. The van der Waals surface area contributed by atoms with Gasteiger partial charge in [0.25, 0.3) is 0 Å². The molecule has 0 spiro atoms. The highest BCUT2D eigenvalue weighted by molar-refractivity contribution is 7.98. The molecule has 7 nitrogen and oxygen atoms in total. The second kappa shape index (κ2) is 17.2. The number of carbonyl (C=O) groups excluding carboxylic acids is 1. The molecule has 0 saturated carbocycles. The Morgan fingerprint density at radius 3 is 2.52 bits per heavy atom. The molecule has 0 bridgehead atoms. The number of carboxylic acids is 1. The third-order valence-corrected chi connectivity index (χ3v) is 6.21. The minimum Gasteiger partial charge on any atom is -0.480 e. The van der Waals surface area contributed by atoms with Crippen molar-refractivity contribution in [3.05, 3.63) is 0 Å². The smallest absolute Gasteiger partial charge is 0.326 e. The fraction of sp³-hybridized carbons (Fsp3) is 0.900. The minimum absolute atomic E-state index is 0.00922. The van der Waals surface area contributed by atoms with Crippen LogP contribution in [0.1, 0.15) is 46.5 Å². The number of amides is 1. The maximum absolute atomic E-state index is 12.6. The lowest BCUT2D eigenvalue weighted by Gasteiger charge is -2.32. The zero-order chi connectivity index (χ0) is 22.2. The van der Waals surface area contributed by atoms with Crippen molar-refractivity contribution in [1.82, 2.24) is 15.5 Å². The Morgan fingerprint density at radius 1 is 1.31 bits per heavy atom. The number of thiol groups is 1. The summed E-state index contributed by atoms with van der Waals surface area (Å²) in [5.41, 5.74) is 6.00. The maximum Gasteiger partial charge on any atom is 0.326 e. The number of aliphatic carboxylic acids is 1. The topological polar surface area (TPSA) is 108 Å². The quantitative estimate of drug-likeness (QED) is 0.202. The van der Waals surface area contributed by atoms with Crippen molar-refractivity contribution >= 4 is 36.3 Å². The zero-order valence-corrected chi connectivity index (χ0v) is 20.2. The van der Waals surface area contributed by atoms with E-state index < -0.39 is 12.0 Å². The Hall–Kier alpha value is -0.480. The average molecular weight is 451 g/mol. The van der Waals surface area contributed by atoms with E-state index in [1.807, 2.05) is 6.26 Å². The van der Waals surface area contributed by atoms with Crippen LogP contribution in [0.3, 0.4) is 0 Å². The number of hydrogen-bond donors (Lipinski definition) is 5. The summed E-state index contributed by atoms with van der Waals surface area (Å²) in [6.07, 6.45) is 5.41. The van der Waals surface area contributed by atoms with E-state index in [-0.39, 0.29) is 24.5 Å². The molecule has 0 heterocycles. The van der Waals surface area contributed by atoms with Gasteiger partial charge in [-0.2, -0.15) is 24.4 Å².